The summed E-state index contributed by atoms with van der Waals surface area (Å²) in [7, 11) is 0. The Morgan fingerprint density at radius 3 is 1.40 bits per heavy atom. The molecule has 20 heavy (non-hydrogen) atoms. The first-order chi connectivity index (χ1) is 9.93. The fraction of sp³-hybridized carbons (Fsp3) is 0.571. The van der Waals surface area contributed by atoms with Crippen molar-refractivity contribution in [3.8, 4) is 0 Å². The molecule has 4 rings (SSSR count). The van der Waals surface area contributed by atoms with Gasteiger partial charge >= 0.3 is 0 Å². The number of aromatic nitrogens is 4. The zero-order valence-corrected chi connectivity index (χ0v) is 11.8. The summed E-state index contributed by atoms with van der Waals surface area (Å²) >= 11 is 0. The maximum Gasteiger partial charge on any atom is 0.202 e. The molecule has 6 heteroatoms. The van der Waals surface area contributed by atoms with Gasteiger partial charge in [0.2, 0.25) is 11.9 Å². The normalized spacial score (nSPS) is 18.2. The monoisotopic (exact) mass is 274 g/mol. The van der Waals surface area contributed by atoms with E-state index in [0.29, 0.717) is 0 Å². The summed E-state index contributed by atoms with van der Waals surface area (Å²) in [5.74, 6) is 2.05. The van der Waals surface area contributed by atoms with E-state index in [2.05, 4.69) is 29.7 Å². The minimum Gasteiger partial charge on any atom is -0.342 e. The van der Waals surface area contributed by atoms with Crippen molar-refractivity contribution in [2.24, 2.45) is 0 Å². The number of nitrogens with zero attached hydrogens (tertiary/aromatic N) is 4. The zero-order valence-electron chi connectivity index (χ0n) is 11.8. The molecule has 0 amide bonds. The molecule has 4 heterocycles. The minimum atomic E-state index is 1.03. The summed E-state index contributed by atoms with van der Waals surface area (Å²) in [4.78, 5) is 19.1. The Bertz CT molecular complexity index is 420. The van der Waals surface area contributed by atoms with Gasteiger partial charge in [-0.25, -0.2) is 9.97 Å². The molecule has 2 fully saturated rings. The summed E-state index contributed by atoms with van der Waals surface area (Å²) in [6, 6.07) is 0. The fourth-order valence-electron chi connectivity index (χ4n) is 2.72. The first-order valence-electron chi connectivity index (χ1n) is 7.42. The second-order valence-corrected chi connectivity index (χ2v) is 5.21. The van der Waals surface area contributed by atoms with Crippen LogP contribution in [0.1, 0.15) is 25.7 Å². The van der Waals surface area contributed by atoms with Crippen molar-refractivity contribution >= 4 is 11.9 Å². The van der Waals surface area contributed by atoms with Crippen molar-refractivity contribution in [1.82, 2.24) is 19.9 Å². The molecule has 2 saturated heterocycles. The van der Waals surface area contributed by atoms with Gasteiger partial charge in [-0.2, -0.15) is 0 Å². The standard InChI is InChI=1S/2C7H11N3/c2*1-2-6-10(5-1)7-8-3-4-9-7/h2*3-4H,1-2,5-6H2,(H,8,9). The molecule has 0 unspecified atom stereocenters. The van der Waals surface area contributed by atoms with Crippen LogP contribution in [0.4, 0.5) is 11.9 Å². The molecule has 0 aliphatic carbocycles. The lowest BCUT2D eigenvalue weighted by atomic mass is 10.4. The first-order valence-corrected chi connectivity index (χ1v) is 7.42. The Morgan fingerprint density at radius 2 is 1.10 bits per heavy atom. The predicted octanol–water partition coefficient (Wildman–Crippen LogP) is 2.02. The fourth-order valence-corrected chi connectivity index (χ4v) is 2.72. The first kappa shape index (κ1) is 13.0. The summed E-state index contributed by atoms with van der Waals surface area (Å²) in [5.41, 5.74) is 0. The molecular formula is C14H22N6. The molecule has 2 aliphatic heterocycles. The van der Waals surface area contributed by atoms with Gasteiger partial charge in [0.1, 0.15) is 0 Å². The van der Waals surface area contributed by atoms with Gasteiger partial charge in [0.25, 0.3) is 0 Å². The molecule has 0 aromatic carbocycles. The predicted molar refractivity (Wildman–Crippen MR) is 80.1 cm³/mol. The Morgan fingerprint density at radius 1 is 0.700 bits per heavy atom. The molecule has 0 spiro atoms. The molecule has 6 nitrogen and oxygen atoms in total. The highest BCUT2D eigenvalue weighted by molar-refractivity contribution is 5.30. The Kier molecular flexibility index (Phi) is 4.20. The molecule has 2 aromatic heterocycles. The molecular weight excluding hydrogens is 252 g/mol. The Balaban J connectivity index is 0.000000121. The van der Waals surface area contributed by atoms with Crippen LogP contribution >= 0.6 is 0 Å². The molecule has 0 radical (unpaired) electrons. The van der Waals surface area contributed by atoms with Crippen LogP contribution in [-0.4, -0.2) is 46.1 Å². The maximum atomic E-state index is 4.17. The van der Waals surface area contributed by atoms with E-state index < -0.39 is 0 Å². The van der Waals surface area contributed by atoms with Crippen molar-refractivity contribution in [3.05, 3.63) is 24.8 Å². The van der Waals surface area contributed by atoms with Crippen molar-refractivity contribution in [3.63, 3.8) is 0 Å². The largest absolute Gasteiger partial charge is 0.342 e. The lowest BCUT2D eigenvalue weighted by Crippen LogP contribution is -2.18. The van der Waals surface area contributed by atoms with E-state index in [-0.39, 0.29) is 0 Å². The van der Waals surface area contributed by atoms with Crippen LogP contribution in [0.3, 0.4) is 0 Å². The number of anilines is 2. The molecule has 108 valence electrons. The number of H-pyrrole nitrogens is 2. The SMILES string of the molecule is c1c[nH]c(N2CCCC2)n1.c1c[nH]c(N2CCCC2)n1. The number of rotatable bonds is 2. The van der Waals surface area contributed by atoms with Crippen LogP contribution in [0.15, 0.2) is 24.8 Å². The summed E-state index contributed by atoms with van der Waals surface area (Å²) < 4.78 is 0. The quantitative estimate of drug-likeness (QED) is 0.879. The van der Waals surface area contributed by atoms with Gasteiger partial charge in [-0.3, -0.25) is 0 Å². The third-order valence-corrected chi connectivity index (χ3v) is 3.78. The maximum absolute atomic E-state index is 4.17. The highest BCUT2D eigenvalue weighted by Gasteiger charge is 2.13. The Labute approximate surface area is 119 Å². The lowest BCUT2D eigenvalue weighted by Gasteiger charge is -2.12. The number of imidazole rings is 2. The average molecular weight is 274 g/mol. The van der Waals surface area contributed by atoms with Gasteiger partial charge < -0.3 is 19.8 Å². The molecule has 0 saturated carbocycles. The van der Waals surface area contributed by atoms with E-state index in [4.69, 9.17) is 0 Å². The van der Waals surface area contributed by atoms with Gasteiger partial charge in [-0.1, -0.05) is 0 Å². The highest BCUT2D eigenvalue weighted by Crippen LogP contribution is 2.14. The van der Waals surface area contributed by atoms with Crippen LogP contribution in [0.5, 0.6) is 0 Å². The topological polar surface area (TPSA) is 63.8 Å². The number of hydrogen-bond donors (Lipinski definition) is 2. The van der Waals surface area contributed by atoms with Crippen molar-refractivity contribution in [1.29, 1.82) is 0 Å². The molecule has 2 N–H and O–H groups in total. The van der Waals surface area contributed by atoms with Gasteiger partial charge in [0, 0.05) is 51.0 Å². The third kappa shape index (κ3) is 3.12. The van der Waals surface area contributed by atoms with Crippen LogP contribution in [0.25, 0.3) is 0 Å². The number of nitrogens with one attached hydrogen (secondary N) is 2. The third-order valence-electron chi connectivity index (χ3n) is 3.78. The zero-order chi connectivity index (χ0) is 13.6. The molecule has 0 atom stereocenters. The smallest absolute Gasteiger partial charge is 0.202 e. The Hall–Kier alpha value is -1.98. The van der Waals surface area contributed by atoms with E-state index in [9.17, 15) is 0 Å². The van der Waals surface area contributed by atoms with E-state index >= 15 is 0 Å². The lowest BCUT2D eigenvalue weighted by molar-refractivity contribution is 0.918. The highest BCUT2D eigenvalue weighted by atomic mass is 15.3. The van der Waals surface area contributed by atoms with Gasteiger partial charge in [-0.15, -0.1) is 0 Å². The van der Waals surface area contributed by atoms with E-state index in [1.165, 1.54) is 25.7 Å². The molecule has 2 aromatic rings. The summed E-state index contributed by atoms with van der Waals surface area (Å²) in [5, 5.41) is 0. The molecule has 0 bridgehead atoms. The van der Waals surface area contributed by atoms with Crippen molar-refractivity contribution < 1.29 is 0 Å². The van der Waals surface area contributed by atoms with Crippen molar-refractivity contribution in [2.75, 3.05) is 36.0 Å². The van der Waals surface area contributed by atoms with Gasteiger partial charge in [0.15, 0.2) is 0 Å². The van der Waals surface area contributed by atoms with E-state index in [1.807, 2.05) is 12.4 Å². The van der Waals surface area contributed by atoms with E-state index in [0.717, 1.165) is 38.1 Å². The second-order valence-electron chi connectivity index (χ2n) is 5.21. The number of aromatic amines is 2. The summed E-state index contributed by atoms with van der Waals surface area (Å²) in [6.07, 6.45) is 12.6. The van der Waals surface area contributed by atoms with Crippen LogP contribution in [0.2, 0.25) is 0 Å². The van der Waals surface area contributed by atoms with Crippen molar-refractivity contribution in [2.45, 2.75) is 25.7 Å². The number of hydrogen-bond acceptors (Lipinski definition) is 4. The average Bonchev–Trinajstić information content (AvgIpc) is 3.29. The van der Waals surface area contributed by atoms with Gasteiger partial charge in [-0.05, 0) is 25.7 Å². The van der Waals surface area contributed by atoms with Crippen LogP contribution in [-0.2, 0) is 0 Å². The molecule has 2 aliphatic rings. The van der Waals surface area contributed by atoms with E-state index in [1.54, 1.807) is 12.4 Å². The summed E-state index contributed by atoms with van der Waals surface area (Å²) in [6.45, 7) is 4.64. The van der Waals surface area contributed by atoms with Crippen LogP contribution in [0, 0.1) is 0 Å². The van der Waals surface area contributed by atoms with Gasteiger partial charge in [0.05, 0.1) is 0 Å². The minimum absolute atomic E-state index is 1.03. The van der Waals surface area contributed by atoms with Crippen LogP contribution < -0.4 is 9.80 Å². The second kappa shape index (κ2) is 6.45.